The van der Waals surface area contributed by atoms with Crippen LogP contribution in [0, 0.1) is 0 Å². The molecule has 0 spiro atoms. The molecule has 1 heterocycles. The number of rotatable bonds is 6. The number of hydrogen-bond acceptors (Lipinski definition) is 4. The number of para-hydroxylation sites is 1. The van der Waals surface area contributed by atoms with Crippen LogP contribution in [-0.2, 0) is 6.42 Å². The second kappa shape index (κ2) is 5.95. The van der Waals surface area contributed by atoms with Crippen molar-refractivity contribution >= 4 is 11.9 Å². The normalized spacial score (nSPS) is 10.2. The van der Waals surface area contributed by atoms with Crippen molar-refractivity contribution in [1.29, 1.82) is 0 Å². The topological polar surface area (TPSA) is 71.7 Å². The Labute approximate surface area is 110 Å². The zero-order valence-corrected chi connectivity index (χ0v) is 10.6. The standard InChI is InChI=1S/C14H15NO4/c1-18-11-5-3-2-4-10(11)8-9-15-13-7-6-12(19-13)14(16)17/h2-7,15H,8-9H2,1H3,(H,16,17). The lowest BCUT2D eigenvalue weighted by Gasteiger charge is -2.08. The molecule has 0 aliphatic carbocycles. The maximum Gasteiger partial charge on any atom is 0.371 e. The maximum absolute atomic E-state index is 10.7. The Morgan fingerprint density at radius 2 is 2.11 bits per heavy atom. The van der Waals surface area contributed by atoms with Gasteiger partial charge in [0, 0.05) is 12.6 Å². The second-order valence-electron chi connectivity index (χ2n) is 3.96. The number of furan rings is 1. The molecule has 0 saturated carbocycles. The highest BCUT2D eigenvalue weighted by Crippen LogP contribution is 2.18. The van der Waals surface area contributed by atoms with E-state index in [0.29, 0.717) is 12.4 Å². The molecule has 2 aromatic rings. The highest BCUT2D eigenvalue weighted by molar-refractivity contribution is 5.84. The first-order valence-corrected chi connectivity index (χ1v) is 5.89. The minimum absolute atomic E-state index is 0.0696. The van der Waals surface area contributed by atoms with Gasteiger partial charge in [0.05, 0.1) is 7.11 Å². The minimum Gasteiger partial charge on any atom is -0.496 e. The van der Waals surface area contributed by atoms with Gasteiger partial charge in [-0.2, -0.15) is 0 Å². The van der Waals surface area contributed by atoms with Gasteiger partial charge in [0.1, 0.15) is 5.75 Å². The summed E-state index contributed by atoms with van der Waals surface area (Å²) >= 11 is 0. The van der Waals surface area contributed by atoms with Crippen LogP contribution < -0.4 is 10.1 Å². The summed E-state index contributed by atoms with van der Waals surface area (Å²) in [5, 5.41) is 11.8. The number of methoxy groups -OCH3 is 1. The van der Waals surface area contributed by atoms with Gasteiger partial charge in [0.2, 0.25) is 5.76 Å². The van der Waals surface area contributed by atoms with Crippen LogP contribution in [0.5, 0.6) is 5.75 Å². The van der Waals surface area contributed by atoms with Crippen LogP contribution in [0.4, 0.5) is 5.88 Å². The number of carbonyl (C=O) groups is 1. The molecule has 0 bridgehead atoms. The van der Waals surface area contributed by atoms with Crippen molar-refractivity contribution in [3.8, 4) is 5.75 Å². The van der Waals surface area contributed by atoms with Crippen LogP contribution >= 0.6 is 0 Å². The predicted molar refractivity (Wildman–Crippen MR) is 70.9 cm³/mol. The van der Waals surface area contributed by atoms with Gasteiger partial charge in [-0.1, -0.05) is 18.2 Å². The van der Waals surface area contributed by atoms with Crippen molar-refractivity contribution in [1.82, 2.24) is 0 Å². The Hall–Kier alpha value is -2.43. The fraction of sp³-hybridized carbons (Fsp3) is 0.214. The average Bonchev–Trinajstić information content (AvgIpc) is 2.88. The number of ether oxygens (including phenoxy) is 1. The maximum atomic E-state index is 10.7. The van der Waals surface area contributed by atoms with Crippen molar-refractivity contribution in [3.63, 3.8) is 0 Å². The summed E-state index contributed by atoms with van der Waals surface area (Å²) < 4.78 is 10.4. The molecule has 5 heteroatoms. The summed E-state index contributed by atoms with van der Waals surface area (Å²) in [6.45, 7) is 0.632. The lowest BCUT2D eigenvalue weighted by atomic mass is 10.1. The van der Waals surface area contributed by atoms with E-state index in [1.54, 1.807) is 13.2 Å². The highest BCUT2D eigenvalue weighted by Gasteiger charge is 2.08. The lowest BCUT2D eigenvalue weighted by Crippen LogP contribution is -2.05. The van der Waals surface area contributed by atoms with Crippen LogP contribution in [0.15, 0.2) is 40.8 Å². The molecule has 2 rings (SSSR count). The van der Waals surface area contributed by atoms with E-state index in [4.69, 9.17) is 14.3 Å². The van der Waals surface area contributed by atoms with Gasteiger partial charge >= 0.3 is 5.97 Å². The summed E-state index contributed by atoms with van der Waals surface area (Å²) in [5.41, 5.74) is 1.09. The third kappa shape index (κ3) is 3.28. The summed E-state index contributed by atoms with van der Waals surface area (Å²) in [4.78, 5) is 10.7. The lowest BCUT2D eigenvalue weighted by molar-refractivity contribution is 0.0663. The Morgan fingerprint density at radius 3 is 2.79 bits per heavy atom. The quantitative estimate of drug-likeness (QED) is 0.836. The van der Waals surface area contributed by atoms with Crippen molar-refractivity contribution in [2.24, 2.45) is 0 Å². The first-order chi connectivity index (χ1) is 9.20. The molecule has 0 amide bonds. The van der Waals surface area contributed by atoms with E-state index in [1.807, 2.05) is 24.3 Å². The number of aromatic carboxylic acids is 1. The van der Waals surface area contributed by atoms with E-state index < -0.39 is 5.97 Å². The van der Waals surface area contributed by atoms with Crippen LogP contribution in [0.1, 0.15) is 16.1 Å². The molecule has 0 fully saturated rings. The van der Waals surface area contributed by atoms with Crippen molar-refractivity contribution in [3.05, 3.63) is 47.7 Å². The van der Waals surface area contributed by atoms with E-state index >= 15 is 0 Å². The average molecular weight is 261 g/mol. The summed E-state index contributed by atoms with van der Waals surface area (Å²) in [5.74, 6) is 0.153. The Bertz CT molecular complexity index is 562. The van der Waals surface area contributed by atoms with E-state index in [9.17, 15) is 4.79 Å². The molecule has 0 aliphatic heterocycles. The molecule has 5 nitrogen and oxygen atoms in total. The number of anilines is 1. The second-order valence-corrected chi connectivity index (χ2v) is 3.96. The molecule has 100 valence electrons. The molecule has 1 aromatic carbocycles. The molecular formula is C14H15NO4. The summed E-state index contributed by atoms with van der Waals surface area (Å²) in [6.07, 6.45) is 0.757. The van der Waals surface area contributed by atoms with Crippen LogP contribution in [0.2, 0.25) is 0 Å². The van der Waals surface area contributed by atoms with Gasteiger partial charge in [-0.15, -0.1) is 0 Å². The summed E-state index contributed by atoms with van der Waals surface area (Å²) in [7, 11) is 1.64. The van der Waals surface area contributed by atoms with E-state index in [2.05, 4.69) is 5.32 Å². The monoisotopic (exact) mass is 261 g/mol. The van der Waals surface area contributed by atoms with Crippen molar-refractivity contribution in [2.75, 3.05) is 19.0 Å². The molecule has 0 atom stereocenters. The summed E-state index contributed by atoms with van der Waals surface area (Å²) in [6, 6.07) is 10.8. The highest BCUT2D eigenvalue weighted by atomic mass is 16.5. The molecule has 0 radical (unpaired) electrons. The number of benzene rings is 1. The molecule has 1 aromatic heterocycles. The zero-order valence-electron chi connectivity index (χ0n) is 10.6. The first kappa shape index (κ1) is 13.0. The van der Waals surface area contributed by atoms with Crippen LogP contribution in [-0.4, -0.2) is 24.7 Å². The predicted octanol–water partition coefficient (Wildman–Crippen LogP) is 2.64. The smallest absolute Gasteiger partial charge is 0.371 e. The fourth-order valence-electron chi connectivity index (χ4n) is 1.78. The molecule has 0 aliphatic rings. The SMILES string of the molecule is COc1ccccc1CCNc1ccc(C(=O)O)o1. The third-order valence-corrected chi connectivity index (χ3v) is 2.70. The van der Waals surface area contributed by atoms with E-state index in [1.165, 1.54) is 6.07 Å². The zero-order chi connectivity index (χ0) is 13.7. The fourth-order valence-corrected chi connectivity index (χ4v) is 1.78. The number of carboxylic acids is 1. The Morgan fingerprint density at radius 1 is 1.32 bits per heavy atom. The van der Waals surface area contributed by atoms with Crippen LogP contribution in [0.3, 0.4) is 0 Å². The molecule has 19 heavy (non-hydrogen) atoms. The largest absolute Gasteiger partial charge is 0.496 e. The van der Waals surface area contributed by atoms with Crippen LogP contribution in [0.25, 0.3) is 0 Å². The molecular weight excluding hydrogens is 246 g/mol. The van der Waals surface area contributed by atoms with Gasteiger partial charge in [-0.05, 0) is 24.1 Å². The van der Waals surface area contributed by atoms with E-state index in [-0.39, 0.29) is 5.76 Å². The molecule has 0 unspecified atom stereocenters. The Balaban J connectivity index is 1.90. The first-order valence-electron chi connectivity index (χ1n) is 5.89. The van der Waals surface area contributed by atoms with E-state index in [0.717, 1.165) is 17.7 Å². The van der Waals surface area contributed by atoms with Gasteiger partial charge in [-0.3, -0.25) is 0 Å². The van der Waals surface area contributed by atoms with Gasteiger partial charge in [0.25, 0.3) is 0 Å². The number of nitrogens with one attached hydrogen (secondary N) is 1. The number of carboxylic acid groups (broad SMARTS) is 1. The van der Waals surface area contributed by atoms with Crippen molar-refractivity contribution < 1.29 is 19.1 Å². The molecule has 2 N–H and O–H groups in total. The number of hydrogen-bond donors (Lipinski definition) is 2. The Kier molecular flexibility index (Phi) is 4.07. The van der Waals surface area contributed by atoms with Crippen molar-refractivity contribution in [2.45, 2.75) is 6.42 Å². The van der Waals surface area contributed by atoms with Gasteiger partial charge < -0.3 is 19.6 Å². The van der Waals surface area contributed by atoms with Gasteiger partial charge in [0.15, 0.2) is 5.88 Å². The third-order valence-electron chi connectivity index (χ3n) is 2.70. The minimum atomic E-state index is -1.07. The van der Waals surface area contributed by atoms with Gasteiger partial charge in [-0.25, -0.2) is 4.79 Å². The molecule has 0 saturated heterocycles.